The smallest absolute Gasteiger partial charge is 0.165 e. The van der Waals surface area contributed by atoms with E-state index in [-0.39, 0.29) is 17.5 Å². The van der Waals surface area contributed by atoms with E-state index in [9.17, 15) is 9.50 Å². The van der Waals surface area contributed by atoms with Gasteiger partial charge in [0.1, 0.15) is 5.75 Å². The third-order valence-corrected chi connectivity index (χ3v) is 6.19. The number of benzene rings is 2. The summed E-state index contributed by atoms with van der Waals surface area (Å²) in [5.41, 5.74) is 3.01. The van der Waals surface area contributed by atoms with Crippen molar-refractivity contribution in [1.29, 1.82) is 0 Å². The number of halogens is 1. The van der Waals surface area contributed by atoms with E-state index in [1.807, 2.05) is 18.2 Å². The number of hydrogen-bond acceptors (Lipinski definition) is 3. The third-order valence-electron chi connectivity index (χ3n) is 6.19. The molecule has 2 aromatic carbocycles. The summed E-state index contributed by atoms with van der Waals surface area (Å²) in [7, 11) is 3.14. The molecule has 2 aliphatic rings. The van der Waals surface area contributed by atoms with Crippen molar-refractivity contribution in [1.82, 2.24) is 0 Å². The molecular weight excluding hydrogens is 331 g/mol. The van der Waals surface area contributed by atoms with Gasteiger partial charge in [0.25, 0.3) is 0 Å². The van der Waals surface area contributed by atoms with E-state index in [1.54, 1.807) is 13.2 Å². The van der Waals surface area contributed by atoms with Gasteiger partial charge in [0.2, 0.25) is 0 Å². The Kier molecular flexibility index (Phi) is 4.62. The second-order valence-electron chi connectivity index (χ2n) is 7.41. The molecule has 1 saturated carbocycles. The van der Waals surface area contributed by atoms with Crippen LogP contribution in [0.3, 0.4) is 0 Å². The molecule has 1 N–H and O–H groups in total. The molecule has 2 aliphatic carbocycles. The molecule has 0 saturated heterocycles. The summed E-state index contributed by atoms with van der Waals surface area (Å²) < 4.78 is 24.8. The van der Waals surface area contributed by atoms with Gasteiger partial charge in [-0.25, -0.2) is 4.39 Å². The zero-order valence-electron chi connectivity index (χ0n) is 15.2. The van der Waals surface area contributed by atoms with Gasteiger partial charge in [-0.05, 0) is 65.6 Å². The average molecular weight is 356 g/mol. The molecule has 4 atom stereocenters. The minimum Gasteiger partial charge on any atom is -0.497 e. The molecule has 0 bridgehead atoms. The van der Waals surface area contributed by atoms with E-state index in [0.29, 0.717) is 11.8 Å². The van der Waals surface area contributed by atoms with E-state index in [2.05, 4.69) is 6.07 Å². The summed E-state index contributed by atoms with van der Waals surface area (Å²) in [5, 5.41) is 11.2. The van der Waals surface area contributed by atoms with Gasteiger partial charge in [-0.1, -0.05) is 25.0 Å². The molecule has 26 heavy (non-hydrogen) atoms. The minimum atomic E-state index is -0.636. The highest BCUT2D eigenvalue weighted by molar-refractivity contribution is 5.45. The summed E-state index contributed by atoms with van der Waals surface area (Å²) in [5.74, 6) is 1.30. The molecule has 0 heterocycles. The van der Waals surface area contributed by atoms with Crippen molar-refractivity contribution in [2.75, 3.05) is 14.2 Å². The Morgan fingerprint density at radius 3 is 2.50 bits per heavy atom. The largest absolute Gasteiger partial charge is 0.497 e. The normalized spacial score (nSPS) is 27.4. The number of ether oxygens (including phenoxy) is 2. The molecule has 4 unspecified atom stereocenters. The first-order valence-corrected chi connectivity index (χ1v) is 9.33. The zero-order valence-corrected chi connectivity index (χ0v) is 15.2. The second kappa shape index (κ2) is 6.92. The molecular formula is C22H25FO3. The highest BCUT2D eigenvalue weighted by Crippen LogP contribution is 2.56. The zero-order chi connectivity index (χ0) is 18.3. The van der Waals surface area contributed by atoms with Crippen LogP contribution < -0.4 is 9.47 Å². The summed E-state index contributed by atoms with van der Waals surface area (Å²) in [6.45, 7) is 0. The van der Waals surface area contributed by atoms with Crippen molar-refractivity contribution in [2.24, 2.45) is 5.92 Å². The Labute approximate surface area is 153 Å². The van der Waals surface area contributed by atoms with E-state index in [1.165, 1.54) is 25.2 Å². The SMILES string of the molecule is COc1ccc2c(c1)C1CCCCC1C(c1ccc(OC)c(F)c1)C2O. The lowest BCUT2D eigenvalue weighted by Gasteiger charge is -2.45. The van der Waals surface area contributed by atoms with Crippen LogP contribution in [0.25, 0.3) is 0 Å². The van der Waals surface area contributed by atoms with Crippen LogP contribution in [0.15, 0.2) is 36.4 Å². The number of methoxy groups -OCH3 is 2. The molecule has 0 radical (unpaired) electrons. The fourth-order valence-corrected chi connectivity index (χ4v) is 4.99. The van der Waals surface area contributed by atoms with Crippen LogP contribution in [-0.2, 0) is 0 Å². The van der Waals surface area contributed by atoms with Crippen LogP contribution >= 0.6 is 0 Å². The number of aliphatic hydroxyl groups excluding tert-OH is 1. The Hall–Kier alpha value is -2.07. The Balaban J connectivity index is 1.81. The average Bonchev–Trinajstić information content (AvgIpc) is 2.68. The molecule has 0 amide bonds. The van der Waals surface area contributed by atoms with Crippen molar-refractivity contribution < 1.29 is 19.0 Å². The van der Waals surface area contributed by atoms with Crippen LogP contribution in [0, 0.1) is 11.7 Å². The van der Waals surface area contributed by atoms with Crippen molar-refractivity contribution in [2.45, 2.75) is 43.6 Å². The predicted octanol–water partition coefficient (Wildman–Crippen LogP) is 4.95. The quantitative estimate of drug-likeness (QED) is 0.846. The number of aliphatic hydroxyl groups is 1. The Bertz CT molecular complexity index is 804. The lowest BCUT2D eigenvalue weighted by atomic mass is 9.60. The van der Waals surface area contributed by atoms with Gasteiger partial charge in [-0.3, -0.25) is 0 Å². The van der Waals surface area contributed by atoms with Gasteiger partial charge in [0.15, 0.2) is 11.6 Å². The molecule has 4 rings (SSSR count). The molecule has 1 fully saturated rings. The highest BCUT2D eigenvalue weighted by atomic mass is 19.1. The van der Waals surface area contributed by atoms with E-state index in [0.717, 1.165) is 36.1 Å². The first-order valence-electron chi connectivity index (χ1n) is 9.33. The maximum absolute atomic E-state index is 14.3. The first kappa shape index (κ1) is 17.3. The second-order valence-corrected chi connectivity index (χ2v) is 7.41. The summed E-state index contributed by atoms with van der Waals surface area (Å²) >= 11 is 0. The summed E-state index contributed by atoms with van der Waals surface area (Å²) in [6, 6.07) is 11.0. The Morgan fingerprint density at radius 1 is 0.962 bits per heavy atom. The van der Waals surface area contributed by atoms with Gasteiger partial charge in [0, 0.05) is 5.92 Å². The number of rotatable bonds is 3. The number of fused-ring (bicyclic) bond motifs is 3. The van der Waals surface area contributed by atoms with Crippen LogP contribution in [0.2, 0.25) is 0 Å². The van der Waals surface area contributed by atoms with Crippen molar-refractivity contribution >= 4 is 0 Å². The maximum Gasteiger partial charge on any atom is 0.165 e. The molecule has 3 nitrogen and oxygen atoms in total. The molecule has 0 aliphatic heterocycles. The van der Waals surface area contributed by atoms with E-state index in [4.69, 9.17) is 9.47 Å². The number of hydrogen-bond donors (Lipinski definition) is 1. The van der Waals surface area contributed by atoms with Crippen LogP contribution in [0.1, 0.15) is 60.3 Å². The topological polar surface area (TPSA) is 38.7 Å². The van der Waals surface area contributed by atoms with Gasteiger partial charge in [0.05, 0.1) is 20.3 Å². The molecule has 0 spiro atoms. The van der Waals surface area contributed by atoms with E-state index >= 15 is 0 Å². The highest BCUT2D eigenvalue weighted by Gasteiger charge is 2.44. The summed E-state index contributed by atoms with van der Waals surface area (Å²) in [6.07, 6.45) is 3.87. The minimum absolute atomic E-state index is 0.0957. The molecule has 4 heteroatoms. The van der Waals surface area contributed by atoms with Crippen LogP contribution in [0.4, 0.5) is 4.39 Å². The molecule has 0 aromatic heterocycles. The summed E-state index contributed by atoms with van der Waals surface area (Å²) in [4.78, 5) is 0. The van der Waals surface area contributed by atoms with Crippen LogP contribution in [-0.4, -0.2) is 19.3 Å². The first-order chi connectivity index (χ1) is 12.6. The van der Waals surface area contributed by atoms with Gasteiger partial charge in [-0.2, -0.15) is 0 Å². The fourth-order valence-electron chi connectivity index (χ4n) is 4.99. The molecule has 138 valence electrons. The predicted molar refractivity (Wildman–Crippen MR) is 98.3 cm³/mol. The van der Waals surface area contributed by atoms with Gasteiger partial charge in [-0.15, -0.1) is 0 Å². The third kappa shape index (κ3) is 2.77. The van der Waals surface area contributed by atoms with Gasteiger partial charge >= 0.3 is 0 Å². The van der Waals surface area contributed by atoms with Gasteiger partial charge < -0.3 is 14.6 Å². The lowest BCUT2D eigenvalue weighted by Crippen LogP contribution is -2.34. The van der Waals surface area contributed by atoms with Crippen molar-refractivity contribution in [3.05, 3.63) is 58.9 Å². The van der Waals surface area contributed by atoms with Crippen LogP contribution in [0.5, 0.6) is 11.5 Å². The van der Waals surface area contributed by atoms with E-state index < -0.39 is 6.10 Å². The fraction of sp³-hybridized carbons (Fsp3) is 0.455. The van der Waals surface area contributed by atoms with Crippen molar-refractivity contribution in [3.8, 4) is 11.5 Å². The lowest BCUT2D eigenvalue weighted by molar-refractivity contribution is 0.0750. The Morgan fingerprint density at radius 2 is 1.77 bits per heavy atom. The molecule has 2 aromatic rings. The van der Waals surface area contributed by atoms with Crippen molar-refractivity contribution in [3.63, 3.8) is 0 Å². The monoisotopic (exact) mass is 356 g/mol. The maximum atomic E-state index is 14.3. The standard InChI is InChI=1S/C22H25FO3/c1-25-14-8-9-17-18(12-14)15-5-3-4-6-16(15)21(22(17)24)13-7-10-20(26-2)19(23)11-13/h7-12,15-16,21-22,24H,3-6H2,1-2H3.